The summed E-state index contributed by atoms with van der Waals surface area (Å²) in [6.07, 6.45) is -2.28. The number of likely N-dealkylation sites (tertiary alicyclic amines) is 1. The summed E-state index contributed by atoms with van der Waals surface area (Å²) in [5, 5.41) is 9.07. The van der Waals surface area contributed by atoms with E-state index in [1.54, 1.807) is 6.07 Å². The highest BCUT2D eigenvalue weighted by molar-refractivity contribution is 5.90. The molecule has 1 saturated carbocycles. The van der Waals surface area contributed by atoms with Crippen LogP contribution in [0.2, 0.25) is 0 Å². The lowest BCUT2D eigenvalue weighted by Crippen LogP contribution is -2.50. The van der Waals surface area contributed by atoms with Crippen molar-refractivity contribution < 1.29 is 27.9 Å². The molecule has 2 aliphatic rings. The number of hydrogen-bond acceptors (Lipinski definition) is 2. The van der Waals surface area contributed by atoms with Crippen LogP contribution >= 0.6 is 0 Å². The first-order chi connectivity index (χ1) is 11.2. The lowest BCUT2D eigenvalue weighted by atomic mass is 9.63. The van der Waals surface area contributed by atoms with Gasteiger partial charge in [-0.3, -0.25) is 9.59 Å². The molecular weight excluding hydrogens is 323 g/mol. The second-order valence-corrected chi connectivity index (χ2v) is 6.59. The van der Waals surface area contributed by atoms with Gasteiger partial charge >= 0.3 is 12.1 Å². The number of benzene rings is 1. The Bertz CT molecular complexity index is 667. The third kappa shape index (κ3) is 2.76. The van der Waals surface area contributed by atoms with E-state index < -0.39 is 29.0 Å². The van der Waals surface area contributed by atoms with Gasteiger partial charge in [-0.1, -0.05) is 24.6 Å². The average Bonchev–Trinajstić information content (AvgIpc) is 2.95. The third-order valence-corrected chi connectivity index (χ3v) is 5.18. The van der Waals surface area contributed by atoms with Crippen molar-refractivity contribution in [1.82, 2.24) is 4.90 Å². The fraction of sp³-hybridized carbons (Fsp3) is 0.529. The lowest BCUT2D eigenvalue weighted by molar-refractivity contribution is -0.143. The van der Waals surface area contributed by atoms with Crippen LogP contribution in [0.3, 0.4) is 0 Å². The predicted molar refractivity (Wildman–Crippen MR) is 79.3 cm³/mol. The van der Waals surface area contributed by atoms with Gasteiger partial charge in [-0.05, 0) is 30.9 Å². The molecule has 0 bridgehead atoms. The van der Waals surface area contributed by atoms with Gasteiger partial charge in [0.15, 0.2) is 0 Å². The highest BCUT2D eigenvalue weighted by Gasteiger charge is 2.49. The van der Waals surface area contributed by atoms with Gasteiger partial charge in [-0.25, -0.2) is 0 Å². The van der Waals surface area contributed by atoms with Crippen molar-refractivity contribution in [1.29, 1.82) is 0 Å². The Morgan fingerprint density at radius 3 is 2.46 bits per heavy atom. The van der Waals surface area contributed by atoms with Crippen LogP contribution in [-0.4, -0.2) is 35.0 Å². The summed E-state index contributed by atoms with van der Waals surface area (Å²) >= 11 is 0. The van der Waals surface area contributed by atoms with Gasteiger partial charge in [-0.15, -0.1) is 0 Å². The number of carbonyl (C=O) groups excluding carboxylic acids is 1. The normalized spacial score (nSPS) is 23.0. The molecular formula is C17H18F3NO3. The van der Waals surface area contributed by atoms with E-state index in [1.165, 1.54) is 11.0 Å². The zero-order valence-electron chi connectivity index (χ0n) is 13.0. The Labute approximate surface area is 137 Å². The second kappa shape index (κ2) is 5.79. The van der Waals surface area contributed by atoms with Crippen LogP contribution in [0.1, 0.15) is 36.8 Å². The molecule has 2 fully saturated rings. The number of rotatable bonds is 3. The maximum atomic E-state index is 13.0. The topological polar surface area (TPSA) is 57.6 Å². The summed E-state index contributed by atoms with van der Waals surface area (Å²) in [6, 6.07) is 4.95. The summed E-state index contributed by atoms with van der Waals surface area (Å²) in [6.45, 7) is 0.478. The molecule has 1 heterocycles. The van der Waals surface area contributed by atoms with E-state index in [0.29, 0.717) is 31.4 Å². The molecule has 1 saturated heterocycles. The van der Waals surface area contributed by atoms with Gasteiger partial charge in [0.1, 0.15) is 0 Å². The first-order valence-corrected chi connectivity index (χ1v) is 7.94. The van der Waals surface area contributed by atoms with Gasteiger partial charge in [0.25, 0.3) is 0 Å². The number of amides is 1. The van der Waals surface area contributed by atoms with Crippen molar-refractivity contribution in [3.8, 4) is 0 Å². The number of carbonyl (C=O) groups is 2. The van der Waals surface area contributed by atoms with E-state index in [9.17, 15) is 22.8 Å². The summed E-state index contributed by atoms with van der Waals surface area (Å²) in [4.78, 5) is 25.5. The van der Waals surface area contributed by atoms with Crippen LogP contribution in [0.25, 0.3) is 0 Å². The highest BCUT2D eigenvalue weighted by atomic mass is 19.4. The monoisotopic (exact) mass is 341 g/mol. The molecule has 7 heteroatoms. The molecule has 1 unspecified atom stereocenters. The molecule has 4 nitrogen and oxygen atoms in total. The Morgan fingerprint density at radius 1 is 1.25 bits per heavy atom. The van der Waals surface area contributed by atoms with Crippen molar-refractivity contribution >= 4 is 11.9 Å². The lowest BCUT2D eigenvalue weighted by Gasteiger charge is -2.43. The third-order valence-electron chi connectivity index (χ3n) is 5.18. The Morgan fingerprint density at radius 2 is 1.96 bits per heavy atom. The molecule has 0 radical (unpaired) electrons. The molecule has 1 atom stereocenters. The number of hydrogen-bond donors (Lipinski definition) is 1. The molecule has 130 valence electrons. The molecule has 0 spiro atoms. The number of carboxylic acid groups (broad SMARTS) is 1. The average molecular weight is 341 g/mol. The molecule has 1 aliphatic carbocycles. The van der Waals surface area contributed by atoms with E-state index in [-0.39, 0.29) is 12.5 Å². The minimum absolute atomic E-state index is 0.134. The molecule has 1 aliphatic heterocycles. The molecule has 1 aromatic rings. The van der Waals surface area contributed by atoms with E-state index >= 15 is 0 Å². The van der Waals surface area contributed by atoms with Crippen LogP contribution in [0.15, 0.2) is 24.3 Å². The molecule has 1 N–H and O–H groups in total. The number of alkyl halides is 3. The standard InChI is InChI=1S/C17H18F3NO3/c18-17(19,20)13-4-1-3-12(9-13)16(6-2-7-16)15(24)21-8-5-11(10-21)14(22)23/h1,3-4,9,11H,2,5-8,10H2,(H,22,23). The van der Waals surface area contributed by atoms with Crippen molar-refractivity contribution in [2.24, 2.45) is 5.92 Å². The van der Waals surface area contributed by atoms with Crippen molar-refractivity contribution in [2.45, 2.75) is 37.3 Å². The van der Waals surface area contributed by atoms with Gasteiger partial charge in [0.2, 0.25) is 5.91 Å². The Kier molecular flexibility index (Phi) is 4.05. The Balaban J connectivity index is 1.87. The molecule has 0 aromatic heterocycles. The van der Waals surface area contributed by atoms with Gasteiger partial charge in [0.05, 0.1) is 16.9 Å². The van der Waals surface area contributed by atoms with Crippen molar-refractivity contribution in [3.05, 3.63) is 35.4 Å². The molecule has 3 rings (SSSR count). The fourth-order valence-electron chi connectivity index (χ4n) is 3.60. The summed E-state index contributed by atoms with van der Waals surface area (Å²) in [5.74, 6) is -1.77. The van der Waals surface area contributed by atoms with Gasteiger partial charge < -0.3 is 10.0 Å². The second-order valence-electron chi connectivity index (χ2n) is 6.59. The minimum Gasteiger partial charge on any atom is -0.481 e. The number of halogens is 3. The quantitative estimate of drug-likeness (QED) is 0.919. The minimum atomic E-state index is -4.45. The van der Waals surface area contributed by atoms with Gasteiger partial charge in [0, 0.05) is 13.1 Å². The maximum absolute atomic E-state index is 13.0. The predicted octanol–water partition coefficient (Wildman–Crippen LogP) is 3.06. The SMILES string of the molecule is O=C(O)C1CCN(C(=O)C2(c3cccc(C(F)(F)F)c3)CCC2)C1. The molecule has 24 heavy (non-hydrogen) atoms. The van der Waals surface area contributed by atoms with Crippen molar-refractivity contribution in [2.75, 3.05) is 13.1 Å². The first-order valence-electron chi connectivity index (χ1n) is 7.94. The van der Waals surface area contributed by atoms with Crippen LogP contribution < -0.4 is 0 Å². The molecule has 1 aromatic carbocycles. The summed E-state index contributed by atoms with van der Waals surface area (Å²) in [5.41, 5.74) is -1.31. The zero-order chi connectivity index (χ0) is 17.5. The zero-order valence-corrected chi connectivity index (χ0v) is 13.0. The van der Waals surface area contributed by atoms with Crippen molar-refractivity contribution in [3.63, 3.8) is 0 Å². The van der Waals surface area contributed by atoms with Crippen LogP contribution in [-0.2, 0) is 21.2 Å². The van der Waals surface area contributed by atoms with E-state index in [0.717, 1.165) is 18.6 Å². The van der Waals surface area contributed by atoms with Gasteiger partial charge in [-0.2, -0.15) is 13.2 Å². The van der Waals surface area contributed by atoms with Crippen LogP contribution in [0.4, 0.5) is 13.2 Å². The molecule has 1 amide bonds. The van der Waals surface area contributed by atoms with E-state index in [1.807, 2.05) is 0 Å². The maximum Gasteiger partial charge on any atom is 0.416 e. The summed E-state index contributed by atoms with van der Waals surface area (Å²) < 4.78 is 38.9. The largest absolute Gasteiger partial charge is 0.481 e. The van der Waals surface area contributed by atoms with Crippen LogP contribution in [0, 0.1) is 5.92 Å². The number of aliphatic carboxylic acids is 1. The van der Waals surface area contributed by atoms with Crippen LogP contribution in [0.5, 0.6) is 0 Å². The van der Waals surface area contributed by atoms with E-state index in [2.05, 4.69) is 0 Å². The summed E-state index contributed by atoms with van der Waals surface area (Å²) in [7, 11) is 0. The number of carboxylic acids is 1. The Hall–Kier alpha value is -2.05. The van der Waals surface area contributed by atoms with E-state index in [4.69, 9.17) is 5.11 Å². The fourth-order valence-corrected chi connectivity index (χ4v) is 3.60. The number of nitrogens with zero attached hydrogens (tertiary/aromatic N) is 1. The highest BCUT2D eigenvalue weighted by Crippen LogP contribution is 2.47. The first kappa shape index (κ1) is 16.8. The smallest absolute Gasteiger partial charge is 0.416 e.